The van der Waals surface area contributed by atoms with Gasteiger partial charge in [-0.25, -0.2) is 0 Å². The molecule has 0 aliphatic rings. The van der Waals surface area contributed by atoms with Crippen LogP contribution in [0.1, 0.15) is 58.8 Å². The first-order chi connectivity index (χ1) is 7.35. The molecule has 0 saturated carbocycles. The van der Waals surface area contributed by atoms with Crippen molar-refractivity contribution in [3.05, 3.63) is 0 Å². The molecular weight excluding hydrogens is 186 g/mol. The van der Waals surface area contributed by atoms with Crippen LogP contribution in [0.5, 0.6) is 0 Å². The largest absolute Gasteiger partial charge is 0.381 e. The summed E-state index contributed by atoms with van der Waals surface area (Å²) in [4.78, 5) is 0. The van der Waals surface area contributed by atoms with Gasteiger partial charge in [0.15, 0.2) is 0 Å². The van der Waals surface area contributed by atoms with Crippen molar-refractivity contribution in [3.8, 4) is 0 Å². The van der Waals surface area contributed by atoms with Gasteiger partial charge < -0.3 is 10.1 Å². The normalized spacial score (nSPS) is 13.0. The SMILES string of the molecule is CCCCCNCCCC(CCC)OC. The van der Waals surface area contributed by atoms with Crippen molar-refractivity contribution in [3.63, 3.8) is 0 Å². The monoisotopic (exact) mass is 215 g/mol. The van der Waals surface area contributed by atoms with Gasteiger partial charge >= 0.3 is 0 Å². The number of methoxy groups -OCH3 is 1. The molecule has 0 aromatic rings. The van der Waals surface area contributed by atoms with Crippen LogP contribution in [-0.2, 0) is 4.74 Å². The average molecular weight is 215 g/mol. The summed E-state index contributed by atoms with van der Waals surface area (Å²) >= 11 is 0. The van der Waals surface area contributed by atoms with Gasteiger partial charge in [0.25, 0.3) is 0 Å². The Bertz CT molecular complexity index is 117. The van der Waals surface area contributed by atoms with Crippen molar-refractivity contribution in [2.45, 2.75) is 64.9 Å². The molecule has 0 aliphatic heterocycles. The summed E-state index contributed by atoms with van der Waals surface area (Å²) in [6.07, 6.45) is 9.32. The quantitative estimate of drug-likeness (QED) is 0.534. The van der Waals surface area contributed by atoms with Crippen LogP contribution in [-0.4, -0.2) is 26.3 Å². The lowest BCUT2D eigenvalue weighted by Crippen LogP contribution is -2.19. The predicted molar refractivity (Wildman–Crippen MR) is 67.3 cm³/mol. The van der Waals surface area contributed by atoms with Gasteiger partial charge in [0.1, 0.15) is 0 Å². The Hall–Kier alpha value is -0.0800. The molecule has 0 saturated heterocycles. The van der Waals surface area contributed by atoms with E-state index in [-0.39, 0.29) is 0 Å². The van der Waals surface area contributed by atoms with Gasteiger partial charge in [0.2, 0.25) is 0 Å². The molecular formula is C13H29NO. The van der Waals surface area contributed by atoms with E-state index in [4.69, 9.17) is 4.74 Å². The molecule has 0 amide bonds. The van der Waals surface area contributed by atoms with E-state index in [2.05, 4.69) is 19.2 Å². The van der Waals surface area contributed by atoms with Crippen molar-refractivity contribution in [1.82, 2.24) is 5.32 Å². The molecule has 0 spiro atoms. The maximum Gasteiger partial charge on any atom is 0.0571 e. The molecule has 2 heteroatoms. The number of nitrogens with one attached hydrogen (secondary N) is 1. The van der Waals surface area contributed by atoms with E-state index >= 15 is 0 Å². The Morgan fingerprint density at radius 1 is 0.933 bits per heavy atom. The molecule has 0 aromatic heterocycles. The van der Waals surface area contributed by atoms with Gasteiger partial charge in [-0.2, -0.15) is 0 Å². The average Bonchev–Trinajstić information content (AvgIpc) is 2.26. The van der Waals surface area contributed by atoms with Crippen LogP contribution >= 0.6 is 0 Å². The molecule has 2 nitrogen and oxygen atoms in total. The van der Waals surface area contributed by atoms with Crippen molar-refractivity contribution < 1.29 is 4.74 Å². The molecule has 0 fully saturated rings. The maximum absolute atomic E-state index is 5.41. The molecule has 0 aromatic carbocycles. The first-order valence-electron chi connectivity index (χ1n) is 6.58. The predicted octanol–water partition coefficient (Wildman–Crippen LogP) is 3.36. The van der Waals surface area contributed by atoms with Crippen LogP contribution in [0.3, 0.4) is 0 Å². The third-order valence-electron chi connectivity index (χ3n) is 2.78. The lowest BCUT2D eigenvalue weighted by atomic mass is 10.1. The summed E-state index contributed by atoms with van der Waals surface area (Å²) in [7, 11) is 1.83. The number of hydrogen-bond donors (Lipinski definition) is 1. The molecule has 1 unspecified atom stereocenters. The highest BCUT2D eigenvalue weighted by Crippen LogP contribution is 2.07. The second kappa shape index (κ2) is 12.0. The van der Waals surface area contributed by atoms with Crippen molar-refractivity contribution >= 4 is 0 Å². The fourth-order valence-electron chi connectivity index (χ4n) is 1.78. The topological polar surface area (TPSA) is 21.3 Å². The van der Waals surface area contributed by atoms with E-state index in [0.29, 0.717) is 6.10 Å². The highest BCUT2D eigenvalue weighted by atomic mass is 16.5. The van der Waals surface area contributed by atoms with Gasteiger partial charge in [0, 0.05) is 7.11 Å². The molecule has 0 bridgehead atoms. The van der Waals surface area contributed by atoms with E-state index in [9.17, 15) is 0 Å². The van der Waals surface area contributed by atoms with Crippen LogP contribution in [0.25, 0.3) is 0 Å². The zero-order chi connectivity index (χ0) is 11.4. The van der Waals surface area contributed by atoms with E-state index in [1.165, 1.54) is 51.5 Å². The Morgan fingerprint density at radius 2 is 1.67 bits per heavy atom. The zero-order valence-electron chi connectivity index (χ0n) is 10.8. The number of rotatable bonds is 11. The minimum Gasteiger partial charge on any atom is -0.381 e. The molecule has 1 N–H and O–H groups in total. The molecule has 1 atom stereocenters. The molecule has 0 heterocycles. The summed E-state index contributed by atoms with van der Waals surface area (Å²) in [6.45, 7) is 6.79. The highest BCUT2D eigenvalue weighted by Gasteiger charge is 2.04. The summed E-state index contributed by atoms with van der Waals surface area (Å²) in [6, 6.07) is 0. The number of hydrogen-bond acceptors (Lipinski definition) is 2. The first-order valence-corrected chi connectivity index (χ1v) is 6.58. The molecule has 92 valence electrons. The molecule has 0 aliphatic carbocycles. The van der Waals surface area contributed by atoms with Crippen LogP contribution < -0.4 is 5.32 Å². The molecule has 15 heavy (non-hydrogen) atoms. The van der Waals surface area contributed by atoms with E-state index < -0.39 is 0 Å². The standard InChI is InChI=1S/C13H29NO/c1-4-6-7-11-14-12-8-10-13(15-3)9-5-2/h13-14H,4-12H2,1-3H3. The number of unbranched alkanes of at least 4 members (excludes halogenated alkanes) is 2. The van der Waals surface area contributed by atoms with E-state index in [1.54, 1.807) is 0 Å². The highest BCUT2D eigenvalue weighted by molar-refractivity contribution is 4.58. The smallest absolute Gasteiger partial charge is 0.0571 e. The van der Waals surface area contributed by atoms with Gasteiger partial charge in [-0.15, -0.1) is 0 Å². The Balaban J connectivity index is 3.14. The molecule has 0 rings (SSSR count). The van der Waals surface area contributed by atoms with Gasteiger partial charge in [-0.1, -0.05) is 33.1 Å². The van der Waals surface area contributed by atoms with Crippen molar-refractivity contribution in [1.29, 1.82) is 0 Å². The summed E-state index contributed by atoms with van der Waals surface area (Å²) < 4.78 is 5.41. The fourth-order valence-corrected chi connectivity index (χ4v) is 1.78. The Labute approximate surface area is 95.8 Å². The third-order valence-corrected chi connectivity index (χ3v) is 2.78. The van der Waals surface area contributed by atoms with E-state index in [1.807, 2.05) is 7.11 Å². The fraction of sp³-hybridized carbons (Fsp3) is 1.00. The summed E-state index contributed by atoms with van der Waals surface area (Å²) in [5.74, 6) is 0. The third kappa shape index (κ3) is 10.2. The summed E-state index contributed by atoms with van der Waals surface area (Å²) in [5, 5.41) is 3.49. The Morgan fingerprint density at radius 3 is 2.27 bits per heavy atom. The van der Waals surface area contributed by atoms with Crippen LogP contribution in [0, 0.1) is 0 Å². The van der Waals surface area contributed by atoms with Crippen molar-refractivity contribution in [2.75, 3.05) is 20.2 Å². The Kier molecular flexibility index (Phi) is 11.9. The minimum absolute atomic E-state index is 0.479. The number of ether oxygens (including phenoxy) is 1. The maximum atomic E-state index is 5.41. The van der Waals surface area contributed by atoms with Crippen LogP contribution in [0.15, 0.2) is 0 Å². The second-order valence-corrected chi connectivity index (χ2v) is 4.25. The second-order valence-electron chi connectivity index (χ2n) is 4.25. The van der Waals surface area contributed by atoms with Gasteiger partial charge in [0.05, 0.1) is 6.10 Å². The van der Waals surface area contributed by atoms with Crippen molar-refractivity contribution in [2.24, 2.45) is 0 Å². The lowest BCUT2D eigenvalue weighted by Gasteiger charge is -2.14. The van der Waals surface area contributed by atoms with Gasteiger partial charge in [-0.05, 0) is 38.8 Å². The van der Waals surface area contributed by atoms with Gasteiger partial charge in [-0.3, -0.25) is 0 Å². The van der Waals surface area contributed by atoms with Crippen LogP contribution in [0.2, 0.25) is 0 Å². The minimum atomic E-state index is 0.479. The summed E-state index contributed by atoms with van der Waals surface area (Å²) in [5.41, 5.74) is 0. The van der Waals surface area contributed by atoms with E-state index in [0.717, 1.165) is 6.54 Å². The lowest BCUT2D eigenvalue weighted by molar-refractivity contribution is 0.0856. The van der Waals surface area contributed by atoms with Crippen LogP contribution in [0.4, 0.5) is 0 Å². The molecule has 0 radical (unpaired) electrons. The zero-order valence-corrected chi connectivity index (χ0v) is 10.8. The first kappa shape index (κ1) is 14.9.